The van der Waals surface area contributed by atoms with Crippen molar-refractivity contribution in [3.8, 4) is 0 Å². The number of carbonyl (C=O) groups excluding carboxylic acids is 1. The molecular weight excluding hydrogens is 340 g/mol. The minimum absolute atomic E-state index is 0.197. The Morgan fingerprint density at radius 1 is 1.08 bits per heavy atom. The Morgan fingerprint density at radius 2 is 1.79 bits per heavy atom. The Hall–Kier alpha value is -2.43. The third-order valence-electron chi connectivity index (χ3n) is 3.83. The maximum Gasteiger partial charge on any atom is 0.267 e. The van der Waals surface area contributed by atoms with Gasteiger partial charge in [0.15, 0.2) is 0 Å². The molecule has 0 bridgehead atoms. The van der Waals surface area contributed by atoms with Gasteiger partial charge in [-0.15, -0.1) is 11.3 Å². The fourth-order valence-electron chi connectivity index (χ4n) is 2.75. The van der Waals surface area contributed by atoms with Gasteiger partial charge in [-0.25, -0.2) is 0 Å². The average molecular weight is 353 g/mol. The van der Waals surface area contributed by atoms with E-state index in [1.807, 2.05) is 61.5 Å². The zero-order chi connectivity index (χ0) is 16.7. The first-order valence-electron chi connectivity index (χ1n) is 7.48. The molecule has 0 radical (unpaired) electrons. The summed E-state index contributed by atoms with van der Waals surface area (Å²) in [5, 5.41) is 5.31. The van der Waals surface area contributed by atoms with Crippen LogP contribution in [-0.4, -0.2) is 10.9 Å². The number of thiophene rings is 1. The van der Waals surface area contributed by atoms with Crippen molar-refractivity contribution in [2.24, 2.45) is 0 Å². The second-order valence-electron chi connectivity index (χ2n) is 5.52. The molecule has 24 heavy (non-hydrogen) atoms. The molecular formula is C19H13ClN2OS. The largest absolute Gasteiger partial charge is 0.321 e. The number of nitrogens with one attached hydrogen (secondary N) is 1. The third-order valence-corrected chi connectivity index (χ3v) is 5.51. The molecule has 4 aromatic rings. The molecule has 4 rings (SSSR count). The number of pyridine rings is 1. The van der Waals surface area contributed by atoms with E-state index in [4.69, 9.17) is 11.6 Å². The quantitative estimate of drug-likeness (QED) is 0.505. The van der Waals surface area contributed by atoms with Crippen LogP contribution in [0.2, 0.25) is 5.02 Å². The van der Waals surface area contributed by atoms with Crippen molar-refractivity contribution in [3.63, 3.8) is 0 Å². The lowest BCUT2D eigenvalue weighted by Crippen LogP contribution is -2.11. The van der Waals surface area contributed by atoms with Gasteiger partial charge in [0.2, 0.25) is 0 Å². The number of anilines is 1. The molecule has 1 N–H and O–H groups in total. The lowest BCUT2D eigenvalue weighted by Gasteiger charge is -2.09. The number of carbonyl (C=O) groups is 1. The molecule has 0 saturated carbocycles. The van der Waals surface area contributed by atoms with E-state index in [1.54, 1.807) is 0 Å². The number of hydrogen-bond donors (Lipinski definition) is 1. The van der Waals surface area contributed by atoms with Gasteiger partial charge in [-0.1, -0.05) is 48.0 Å². The highest BCUT2D eigenvalue weighted by Gasteiger charge is 2.18. The summed E-state index contributed by atoms with van der Waals surface area (Å²) in [6.07, 6.45) is 0. The van der Waals surface area contributed by atoms with Gasteiger partial charge in [-0.3, -0.25) is 9.78 Å². The summed E-state index contributed by atoms with van der Waals surface area (Å²) in [5.41, 5.74) is 2.46. The Morgan fingerprint density at radius 3 is 2.58 bits per heavy atom. The van der Waals surface area contributed by atoms with Crippen LogP contribution >= 0.6 is 22.9 Å². The standard InChI is InChI=1S/C19H13ClN2OS/c1-11-10-15(12-6-2-4-8-14(12)21-11)22-19(23)18-17(20)13-7-3-5-9-16(13)24-18/h2-10H,1H3,(H,21,22,23). The summed E-state index contributed by atoms with van der Waals surface area (Å²) < 4.78 is 1.00. The van der Waals surface area contributed by atoms with Crippen molar-refractivity contribution in [1.29, 1.82) is 0 Å². The Bertz CT molecular complexity index is 1090. The molecule has 2 aromatic carbocycles. The molecule has 0 saturated heterocycles. The van der Waals surface area contributed by atoms with Crippen LogP contribution in [0.4, 0.5) is 5.69 Å². The molecule has 0 aliphatic heterocycles. The maximum absolute atomic E-state index is 12.8. The number of amides is 1. The first kappa shape index (κ1) is 15.1. The highest BCUT2D eigenvalue weighted by atomic mass is 35.5. The predicted octanol–water partition coefficient (Wildman–Crippen LogP) is 5.66. The minimum atomic E-state index is -0.197. The van der Waals surface area contributed by atoms with Crippen molar-refractivity contribution in [3.05, 3.63) is 70.2 Å². The average Bonchev–Trinajstić information content (AvgIpc) is 2.92. The molecule has 118 valence electrons. The van der Waals surface area contributed by atoms with Crippen LogP contribution in [0.15, 0.2) is 54.6 Å². The van der Waals surface area contributed by atoms with Gasteiger partial charge in [-0.2, -0.15) is 0 Å². The van der Waals surface area contributed by atoms with E-state index in [-0.39, 0.29) is 5.91 Å². The zero-order valence-electron chi connectivity index (χ0n) is 12.8. The van der Waals surface area contributed by atoms with Crippen LogP contribution < -0.4 is 5.32 Å². The summed E-state index contributed by atoms with van der Waals surface area (Å²) in [5.74, 6) is -0.197. The Balaban J connectivity index is 1.77. The molecule has 0 aliphatic rings. The number of hydrogen-bond acceptors (Lipinski definition) is 3. The molecule has 0 fully saturated rings. The van der Waals surface area contributed by atoms with Crippen LogP contribution in [0, 0.1) is 6.92 Å². The van der Waals surface area contributed by atoms with Gasteiger partial charge in [0, 0.05) is 21.2 Å². The molecule has 0 spiro atoms. The monoisotopic (exact) mass is 352 g/mol. The zero-order valence-corrected chi connectivity index (χ0v) is 14.4. The maximum atomic E-state index is 12.8. The topological polar surface area (TPSA) is 42.0 Å². The Labute approximate surface area is 147 Å². The van der Waals surface area contributed by atoms with Crippen LogP contribution in [0.5, 0.6) is 0 Å². The fourth-order valence-corrected chi connectivity index (χ4v) is 4.16. The highest BCUT2D eigenvalue weighted by Crippen LogP contribution is 2.36. The fraction of sp³-hybridized carbons (Fsp3) is 0.0526. The number of aromatic nitrogens is 1. The lowest BCUT2D eigenvalue weighted by molar-refractivity contribution is 0.103. The second-order valence-corrected chi connectivity index (χ2v) is 6.95. The number of rotatable bonds is 2. The van der Waals surface area contributed by atoms with E-state index in [9.17, 15) is 4.79 Å². The first-order chi connectivity index (χ1) is 11.6. The van der Waals surface area contributed by atoms with Gasteiger partial charge in [0.05, 0.1) is 16.2 Å². The summed E-state index contributed by atoms with van der Waals surface area (Å²) in [7, 11) is 0. The van der Waals surface area contributed by atoms with E-state index in [2.05, 4.69) is 10.3 Å². The molecule has 1 amide bonds. The van der Waals surface area contributed by atoms with Crippen LogP contribution in [-0.2, 0) is 0 Å². The molecule has 0 atom stereocenters. The highest BCUT2D eigenvalue weighted by molar-refractivity contribution is 7.21. The van der Waals surface area contributed by atoms with Crippen molar-refractivity contribution >= 4 is 55.5 Å². The van der Waals surface area contributed by atoms with Crippen molar-refractivity contribution in [2.45, 2.75) is 6.92 Å². The van der Waals surface area contributed by atoms with Gasteiger partial charge >= 0.3 is 0 Å². The minimum Gasteiger partial charge on any atom is -0.321 e. The van der Waals surface area contributed by atoms with Gasteiger partial charge in [0.1, 0.15) is 4.88 Å². The van der Waals surface area contributed by atoms with E-state index in [0.717, 1.165) is 32.4 Å². The van der Waals surface area contributed by atoms with E-state index < -0.39 is 0 Å². The van der Waals surface area contributed by atoms with Gasteiger partial charge < -0.3 is 5.32 Å². The molecule has 0 aliphatic carbocycles. The third kappa shape index (κ3) is 2.54. The van der Waals surface area contributed by atoms with Crippen molar-refractivity contribution < 1.29 is 4.79 Å². The number of nitrogens with zero attached hydrogens (tertiary/aromatic N) is 1. The van der Waals surface area contributed by atoms with E-state index >= 15 is 0 Å². The predicted molar refractivity (Wildman–Crippen MR) is 101 cm³/mol. The molecule has 3 nitrogen and oxygen atoms in total. The SMILES string of the molecule is Cc1cc(NC(=O)c2sc3ccccc3c2Cl)c2ccccc2n1. The van der Waals surface area contributed by atoms with Gasteiger partial charge in [-0.05, 0) is 25.1 Å². The van der Waals surface area contributed by atoms with Crippen molar-refractivity contribution in [2.75, 3.05) is 5.32 Å². The normalized spacial score (nSPS) is 11.1. The number of benzene rings is 2. The molecule has 5 heteroatoms. The lowest BCUT2D eigenvalue weighted by atomic mass is 10.1. The van der Waals surface area contributed by atoms with E-state index in [0.29, 0.717) is 9.90 Å². The molecule has 2 heterocycles. The van der Waals surface area contributed by atoms with Gasteiger partial charge in [0.25, 0.3) is 5.91 Å². The Kier molecular flexibility index (Phi) is 3.71. The van der Waals surface area contributed by atoms with E-state index in [1.165, 1.54) is 11.3 Å². The molecule has 0 unspecified atom stereocenters. The smallest absolute Gasteiger partial charge is 0.267 e. The summed E-state index contributed by atoms with van der Waals surface area (Å²) in [4.78, 5) is 17.8. The van der Waals surface area contributed by atoms with Crippen molar-refractivity contribution in [1.82, 2.24) is 4.98 Å². The number of fused-ring (bicyclic) bond motifs is 2. The van der Waals surface area contributed by atoms with Crippen LogP contribution in [0.1, 0.15) is 15.4 Å². The first-order valence-corrected chi connectivity index (χ1v) is 8.68. The second kappa shape index (κ2) is 5.89. The summed E-state index contributed by atoms with van der Waals surface area (Å²) >= 11 is 7.81. The van der Waals surface area contributed by atoms with Crippen LogP contribution in [0.25, 0.3) is 21.0 Å². The number of aryl methyl sites for hydroxylation is 1. The number of halogens is 1. The number of para-hydroxylation sites is 1. The van der Waals surface area contributed by atoms with Crippen LogP contribution in [0.3, 0.4) is 0 Å². The molecule has 2 aromatic heterocycles. The summed E-state index contributed by atoms with van der Waals surface area (Å²) in [6, 6.07) is 17.4. The summed E-state index contributed by atoms with van der Waals surface area (Å²) in [6.45, 7) is 1.91.